The summed E-state index contributed by atoms with van der Waals surface area (Å²) in [5, 5.41) is 11.9. The van der Waals surface area contributed by atoms with Gasteiger partial charge in [0.25, 0.3) is 0 Å². The molecule has 0 fully saturated rings. The first-order chi connectivity index (χ1) is 8.65. The van der Waals surface area contributed by atoms with Crippen LogP contribution in [-0.2, 0) is 11.2 Å². The van der Waals surface area contributed by atoms with Crippen molar-refractivity contribution in [1.29, 1.82) is 0 Å². The Morgan fingerprint density at radius 2 is 1.94 bits per heavy atom. The number of aromatic nitrogens is 2. The number of nitrogen functional groups attached to an aromatic ring is 1. The highest BCUT2D eigenvalue weighted by molar-refractivity contribution is 5.74. The molecule has 0 unspecified atom stereocenters. The number of hydrogen-bond donors (Lipinski definition) is 3. The molecule has 0 atom stereocenters. The van der Waals surface area contributed by atoms with E-state index in [9.17, 15) is 4.79 Å². The van der Waals surface area contributed by atoms with Gasteiger partial charge < -0.3 is 16.2 Å². The number of carboxylic acid groups (broad SMARTS) is 1. The highest BCUT2D eigenvalue weighted by Crippen LogP contribution is 2.20. The van der Waals surface area contributed by atoms with Crippen molar-refractivity contribution in [2.24, 2.45) is 0 Å². The van der Waals surface area contributed by atoms with E-state index in [1.54, 1.807) is 30.6 Å². The van der Waals surface area contributed by atoms with Crippen molar-refractivity contribution in [3.63, 3.8) is 0 Å². The number of para-hydroxylation sites is 1. The third kappa shape index (κ3) is 2.94. The first kappa shape index (κ1) is 11.8. The number of nitrogens with one attached hydrogen (secondary N) is 1. The van der Waals surface area contributed by atoms with E-state index in [1.165, 1.54) is 0 Å². The van der Waals surface area contributed by atoms with Crippen molar-refractivity contribution in [2.45, 2.75) is 6.42 Å². The highest BCUT2D eigenvalue weighted by atomic mass is 16.4. The lowest BCUT2D eigenvalue weighted by Gasteiger charge is -2.10. The Kier molecular flexibility index (Phi) is 3.38. The van der Waals surface area contributed by atoms with Crippen LogP contribution in [0.25, 0.3) is 0 Å². The summed E-state index contributed by atoms with van der Waals surface area (Å²) in [4.78, 5) is 18.5. The zero-order valence-electron chi connectivity index (χ0n) is 9.50. The lowest BCUT2D eigenvalue weighted by Crippen LogP contribution is -2.04. The number of nitrogens with two attached hydrogens (primary N) is 1. The second-order valence-electron chi connectivity index (χ2n) is 3.68. The number of anilines is 3. The first-order valence-corrected chi connectivity index (χ1v) is 5.29. The summed E-state index contributed by atoms with van der Waals surface area (Å²) < 4.78 is 0. The number of hydrogen-bond acceptors (Lipinski definition) is 5. The van der Waals surface area contributed by atoms with E-state index in [1.807, 2.05) is 6.07 Å². The third-order valence-electron chi connectivity index (χ3n) is 2.31. The molecule has 0 aliphatic carbocycles. The van der Waals surface area contributed by atoms with Gasteiger partial charge in [-0.25, -0.2) is 9.97 Å². The van der Waals surface area contributed by atoms with E-state index in [0.717, 1.165) is 0 Å². The lowest BCUT2D eigenvalue weighted by molar-refractivity contribution is -0.136. The quantitative estimate of drug-likeness (QED) is 0.752. The van der Waals surface area contributed by atoms with Crippen LogP contribution in [0.1, 0.15) is 5.56 Å². The van der Waals surface area contributed by atoms with E-state index in [2.05, 4.69) is 15.3 Å². The van der Waals surface area contributed by atoms with Crippen LogP contribution in [0.5, 0.6) is 0 Å². The van der Waals surface area contributed by atoms with Crippen molar-refractivity contribution < 1.29 is 9.90 Å². The van der Waals surface area contributed by atoms with E-state index in [4.69, 9.17) is 10.8 Å². The Bertz CT molecular complexity index is 554. The number of carbonyl (C=O) groups is 1. The van der Waals surface area contributed by atoms with Crippen LogP contribution in [0.3, 0.4) is 0 Å². The maximum absolute atomic E-state index is 10.7. The van der Waals surface area contributed by atoms with Crippen LogP contribution in [-0.4, -0.2) is 21.0 Å². The second-order valence-corrected chi connectivity index (χ2v) is 3.68. The normalized spacial score (nSPS) is 10.0. The number of benzene rings is 1. The predicted octanol–water partition coefficient (Wildman–Crippen LogP) is 1.43. The van der Waals surface area contributed by atoms with Crippen LogP contribution in [0.2, 0.25) is 0 Å². The molecule has 0 aliphatic heterocycles. The maximum atomic E-state index is 10.7. The molecule has 6 nitrogen and oxygen atoms in total. The molecule has 1 heterocycles. The number of rotatable bonds is 4. The summed E-state index contributed by atoms with van der Waals surface area (Å²) in [5.74, 6) is -0.683. The molecule has 0 saturated carbocycles. The van der Waals surface area contributed by atoms with Gasteiger partial charge in [-0.05, 0) is 11.6 Å². The van der Waals surface area contributed by atoms with E-state index >= 15 is 0 Å². The third-order valence-corrected chi connectivity index (χ3v) is 2.31. The van der Waals surface area contributed by atoms with Crippen molar-refractivity contribution in [3.05, 3.63) is 42.2 Å². The first-order valence-electron chi connectivity index (χ1n) is 5.29. The molecule has 0 spiro atoms. The molecule has 0 aliphatic rings. The summed E-state index contributed by atoms with van der Waals surface area (Å²) >= 11 is 0. The number of nitrogens with zero attached hydrogens (tertiary/aromatic N) is 2. The molecular weight excluding hydrogens is 232 g/mol. The van der Waals surface area contributed by atoms with Gasteiger partial charge in [0.1, 0.15) is 0 Å². The van der Waals surface area contributed by atoms with Gasteiger partial charge in [0.15, 0.2) is 0 Å². The fourth-order valence-electron chi connectivity index (χ4n) is 1.52. The molecule has 1 aromatic carbocycles. The molecule has 1 aromatic heterocycles. The summed E-state index contributed by atoms with van der Waals surface area (Å²) in [6.07, 6.45) is 3.04. The molecule has 18 heavy (non-hydrogen) atoms. The Balaban J connectivity index is 2.23. The summed E-state index contributed by atoms with van der Waals surface area (Å²) in [5.41, 5.74) is 7.45. The van der Waals surface area contributed by atoms with E-state index in [-0.39, 0.29) is 12.4 Å². The maximum Gasteiger partial charge on any atom is 0.307 e. The van der Waals surface area contributed by atoms with Crippen molar-refractivity contribution in [2.75, 3.05) is 11.1 Å². The lowest BCUT2D eigenvalue weighted by atomic mass is 10.1. The van der Waals surface area contributed by atoms with Crippen LogP contribution in [0.4, 0.5) is 17.3 Å². The van der Waals surface area contributed by atoms with Crippen molar-refractivity contribution in [1.82, 2.24) is 9.97 Å². The van der Waals surface area contributed by atoms with Crippen LogP contribution >= 0.6 is 0 Å². The average Bonchev–Trinajstić information content (AvgIpc) is 2.34. The Morgan fingerprint density at radius 1 is 1.28 bits per heavy atom. The molecule has 0 amide bonds. The SMILES string of the molecule is Nc1ncc(Nc2ccccc2CC(=O)O)cn1. The summed E-state index contributed by atoms with van der Waals surface area (Å²) in [6, 6.07) is 7.18. The Labute approximate surface area is 104 Å². The molecule has 2 aromatic rings. The average molecular weight is 244 g/mol. The molecule has 4 N–H and O–H groups in total. The fraction of sp³-hybridized carbons (Fsp3) is 0.0833. The molecule has 0 bridgehead atoms. The summed E-state index contributed by atoms with van der Waals surface area (Å²) in [6.45, 7) is 0. The van der Waals surface area contributed by atoms with Gasteiger partial charge in [0.2, 0.25) is 5.95 Å². The molecule has 6 heteroatoms. The van der Waals surface area contributed by atoms with Gasteiger partial charge in [-0.15, -0.1) is 0 Å². The van der Waals surface area contributed by atoms with Gasteiger partial charge in [-0.1, -0.05) is 18.2 Å². The molecule has 2 rings (SSSR count). The van der Waals surface area contributed by atoms with Gasteiger partial charge in [0, 0.05) is 5.69 Å². The van der Waals surface area contributed by atoms with E-state index in [0.29, 0.717) is 16.9 Å². The molecule has 92 valence electrons. The topological polar surface area (TPSA) is 101 Å². The van der Waals surface area contributed by atoms with Gasteiger partial charge in [0.05, 0.1) is 24.5 Å². The van der Waals surface area contributed by atoms with Gasteiger partial charge >= 0.3 is 5.97 Å². The van der Waals surface area contributed by atoms with E-state index < -0.39 is 5.97 Å². The minimum absolute atomic E-state index is 0.0427. The Morgan fingerprint density at radius 3 is 2.61 bits per heavy atom. The summed E-state index contributed by atoms with van der Waals surface area (Å²) in [7, 11) is 0. The molecule has 0 saturated heterocycles. The minimum Gasteiger partial charge on any atom is -0.481 e. The van der Waals surface area contributed by atoms with Crippen molar-refractivity contribution >= 4 is 23.3 Å². The zero-order valence-corrected chi connectivity index (χ0v) is 9.50. The van der Waals surface area contributed by atoms with Crippen LogP contribution in [0, 0.1) is 0 Å². The minimum atomic E-state index is -0.877. The fourth-order valence-corrected chi connectivity index (χ4v) is 1.52. The standard InChI is InChI=1S/C12H12N4O2/c13-12-14-6-9(7-15-12)16-10-4-2-1-3-8(10)5-11(17)18/h1-4,6-7,16H,5H2,(H,17,18)(H2,13,14,15). The molecular formula is C12H12N4O2. The van der Waals surface area contributed by atoms with Gasteiger partial charge in [-0.3, -0.25) is 4.79 Å². The largest absolute Gasteiger partial charge is 0.481 e. The van der Waals surface area contributed by atoms with Crippen LogP contribution < -0.4 is 11.1 Å². The van der Waals surface area contributed by atoms with Crippen LogP contribution in [0.15, 0.2) is 36.7 Å². The monoisotopic (exact) mass is 244 g/mol. The smallest absolute Gasteiger partial charge is 0.307 e. The number of carboxylic acids is 1. The van der Waals surface area contributed by atoms with Gasteiger partial charge in [-0.2, -0.15) is 0 Å². The zero-order chi connectivity index (χ0) is 13.0. The second kappa shape index (κ2) is 5.13. The molecule has 0 radical (unpaired) electrons. The predicted molar refractivity (Wildman–Crippen MR) is 67.5 cm³/mol. The number of aliphatic carboxylic acids is 1. The Hall–Kier alpha value is -2.63. The van der Waals surface area contributed by atoms with Crippen molar-refractivity contribution in [3.8, 4) is 0 Å². The highest BCUT2D eigenvalue weighted by Gasteiger charge is 2.06.